The summed E-state index contributed by atoms with van der Waals surface area (Å²) in [6.07, 6.45) is 1.03. The molecule has 1 N–H and O–H groups in total. The number of fused-ring (bicyclic) bond motifs is 1. The Bertz CT molecular complexity index is 1240. The minimum atomic E-state index is -0.539. The highest BCUT2D eigenvalue weighted by Gasteiger charge is 2.25. The molecule has 0 unspecified atom stereocenters. The maximum Gasteiger partial charge on any atom is 0.410 e. The van der Waals surface area contributed by atoms with Crippen molar-refractivity contribution in [2.24, 2.45) is 0 Å². The Kier molecular flexibility index (Phi) is 8.18. The summed E-state index contributed by atoms with van der Waals surface area (Å²) in [6.45, 7) is 7.09. The Balaban J connectivity index is 1.50. The number of hydrogen-bond acceptors (Lipinski definition) is 4. The van der Waals surface area contributed by atoms with Crippen LogP contribution < -0.4 is 10.1 Å². The lowest BCUT2D eigenvalue weighted by atomic mass is 10.0. The second kappa shape index (κ2) is 11.3. The summed E-state index contributed by atoms with van der Waals surface area (Å²) in [5.41, 5.74) is 3.91. The summed E-state index contributed by atoms with van der Waals surface area (Å²) in [5.74, 6) is 0.317. The molecule has 0 radical (unpaired) electrons. The number of nitrogens with zero attached hydrogens (tertiary/aromatic N) is 1. The highest BCUT2D eigenvalue weighted by atomic mass is 127. The van der Waals surface area contributed by atoms with Crippen molar-refractivity contribution in [2.75, 3.05) is 18.4 Å². The molecule has 1 aliphatic rings. The number of nitrogens with one attached hydrogen (secondary N) is 1. The van der Waals surface area contributed by atoms with Crippen LogP contribution in [0.4, 0.5) is 10.5 Å². The third kappa shape index (κ3) is 6.78. The largest absolute Gasteiger partial charge is 0.488 e. The van der Waals surface area contributed by atoms with Crippen LogP contribution in [0.25, 0.3) is 0 Å². The number of benzene rings is 3. The molecule has 7 heteroatoms. The molecule has 0 atom stereocenters. The molecule has 188 valence electrons. The summed E-state index contributed by atoms with van der Waals surface area (Å²) in [7, 11) is 0. The van der Waals surface area contributed by atoms with E-state index in [0.29, 0.717) is 43.9 Å². The topological polar surface area (TPSA) is 67.9 Å². The normalized spacial score (nSPS) is 13.4. The van der Waals surface area contributed by atoms with Gasteiger partial charge in [0.05, 0.1) is 5.56 Å². The fraction of sp³-hybridized carbons (Fsp3) is 0.310. The van der Waals surface area contributed by atoms with Gasteiger partial charge in [0.15, 0.2) is 0 Å². The van der Waals surface area contributed by atoms with Crippen molar-refractivity contribution in [3.8, 4) is 5.75 Å². The first-order valence-corrected chi connectivity index (χ1v) is 13.1. The van der Waals surface area contributed by atoms with E-state index in [1.807, 2.05) is 75.4 Å². The van der Waals surface area contributed by atoms with Gasteiger partial charge in [0.2, 0.25) is 0 Å². The monoisotopic (exact) mass is 598 g/mol. The number of carbonyl (C=O) groups is 2. The van der Waals surface area contributed by atoms with Crippen LogP contribution in [0.5, 0.6) is 5.75 Å². The van der Waals surface area contributed by atoms with Crippen LogP contribution in [0.1, 0.15) is 47.8 Å². The van der Waals surface area contributed by atoms with E-state index in [2.05, 4.69) is 34.0 Å². The SMILES string of the molecule is CC(C)(C)OC(=O)N1CCc2cccc(NC(=O)c3ccc(I)cc3OCc3ccccc3)c2CC1. The molecular formula is C29H31IN2O4. The van der Waals surface area contributed by atoms with Gasteiger partial charge in [-0.15, -0.1) is 0 Å². The first-order chi connectivity index (χ1) is 17.2. The fourth-order valence-electron chi connectivity index (χ4n) is 4.13. The van der Waals surface area contributed by atoms with Crippen LogP contribution >= 0.6 is 22.6 Å². The maximum atomic E-state index is 13.4. The lowest BCUT2D eigenvalue weighted by Gasteiger charge is -2.26. The molecule has 0 saturated carbocycles. The molecule has 0 bridgehead atoms. The van der Waals surface area contributed by atoms with Gasteiger partial charge in [-0.2, -0.15) is 0 Å². The highest BCUT2D eigenvalue weighted by Crippen LogP contribution is 2.28. The maximum absolute atomic E-state index is 13.4. The minimum absolute atomic E-state index is 0.226. The Morgan fingerprint density at radius 3 is 2.47 bits per heavy atom. The molecule has 2 amide bonds. The number of halogens is 1. The Morgan fingerprint density at radius 2 is 1.72 bits per heavy atom. The van der Waals surface area contributed by atoms with Crippen LogP contribution in [0.3, 0.4) is 0 Å². The van der Waals surface area contributed by atoms with Gasteiger partial charge < -0.3 is 19.7 Å². The molecule has 6 nitrogen and oxygen atoms in total. The number of hydrogen-bond donors (Lipinski definition) is 1. The quantitative estimate of drug-likeness (QED) is 0.343. The van der Waals surface area contributed by atoms with Crippen LogP contribution in [-0.2, 0) is 24.2 Å². The zero-order chi connectivity index (χ0) is 25.7. The first kappa shape index (κ1) is 26.0. The number of anilines is 1. The van der Waals surface area contributed by atoms with Crippen LogP contribution in [-0.4, -0.2) is 35.6 Å². The van der Waals surface area contributed by atoms with E-state index < -0.39 is 5.60 Å². The highest BCUT2D eigenvalue weighted by molar-refractivity contribution is 14.1. The van der Waals surface area contributed by atoms with Gasteiger partial charge in [0.25, 0.3) is 5.91 Å². The van der Waals surface area contributed by atoms with Gasteiger partial charge in [-0.1, -0.05) is 42.5 Å². The van der Waals surface area contributed by atoms with Gasteiger partial charge >= 0.3 is 6.09 Å². The number of ether oxygens (including phenoxy) is 2. The molecule has 0 fully saturated rings. The van der Waals surface area contributed by atoms with Crippen molar-refractivity contribution in [3.63, 3.8) is 0 Å². The van der Waals surface area contributed by atoms with Crippen LogP contribution in [0, 0.1) is 3.57 Å². The molecule has 3 aromatic carbocycles. The molecular weight excluding hydrogens is 567 g/mol. The first-order valence-electron chi connectivity index (χ1n) is 12.1. The molecule has 1 aliphatic heterocycles. The average Bonchev–Trinajstić information content (AvgIpc) is 3.06. The second-order valence-electron chi connectivity index (χ2n) is 9.78. The summed E-state index contributed by atoms with van der Waals surface area (Å²) in [5, 5.41) is 3.10. The minimum Gasteiger partial charge on any atom is -0.488 e. The van der Waals surface area contributed by atoms with E-state index in [-0.39, 0.29) is 12.0 Å². The van der Waals surface area contributed by atoms with E-state index in [9.17, 15) is 9.59 Å². The van der Waals surface area contributed by atoms with Gasteiger partial charge in [0, 0.05) is 22.3 Å². The van der Waals surface area contributed by atoms with E-state index in [0.717, 1.165) is 25.9 Å². The summed E-state index contributed by atoms with van der Waals surface area (Å²) in [4.78, 5) is 27.7. The molecule has 36 heavy (non-hydrogen) atoms. The van der Waals surface area contributed by atoms with Crippen molar-refractivity contribution in [1.82, 2.24) is 4.90 Å². The molecule has 4 rings (SSSR count). The zero-order valence-corrected chi connectivity index (χ0v) is 23.0. The predicted octanol–water partition coefficient (Wildman–Crippen LogP) is 6.46. The average molecular weight is 598 g/mol. The van der Waals surface area contributed by atoms with Crippen molar-refractivity contribution in [1.29, 1.82) is 0 Å². The van der Waals surface area contributed by atoms with Crippen molar-refractivity contribution < 1.29 is 19.1 Å². The predicted molar refractivity (Wildman–Crippen MR) is 150 cm³/mol. The third-order valence-corrected chi connectivity index (χ3v) is 6.55. The third-order valence-electron chi connectivity index (χ3n) is 5.88. The Labute approximate surface area is 226 Å². The molecule has 0 aliphatic carbocycles. The second-order valence-corrected chi connectivity index (χ2v) is 11.0. The van der Waals surface area contributed by atoms with Crippen LogP contribution in [0.2, 0.25) is 0 Å². The number of rotatable bonds is 5. The van der Waals surface area contributed by atoms with Crippen LogP contribution in [0.15, 0.2) is 66.7 Å². The zero-order valence-electron chi connectivity index (χ0n) is 20.8. The molecule has 0 saturated heterocycles. The lowest BCUT2D eigenvalue weighted by Crippen LogP contribution is -2.38. The molecule has 0 spiro atoms. The van der Waals surface area contributed by atoms with Gasteiger partial charge in [0.1, 0.15) is 18.0 Å². The molecule has 0 aromatic heterocycles. The van der Waals surface area contributed by atoms with Crippen molar-refractivity contribution in [2.45, 2.75) is 45.8 Å². The summed E-state index contributed by atoms with van der Waals surface area (Å²) in [6, 6.07) is 21.4. The number of amides is 2. The van der Waals surface area contributed by atoms with Crippen molar-refractivity contribution in [3.05, 3.63) is 92.6 Å². The van der Waals surface area contributed by atoms with Gasteiger partial charge in [-0.3, -0.25) is 4.79 Å². The summed E-state index contributed by atoms with van der Waals surface area (Å²) < 4.78 is 12.6. The standard InChI is InChI=1S/C29H31IN2O4/c1-29(2,3)36-28(34)32-16-14-21-10-7-11-25(23(21)15-17-32)31-27(33)24-13-12-22(30)18-26(24)35-19-20-8-5-4-6-9-20/h4-13,18H,14-17,19H2,1-3H3,(H,31,33). The number of carbonyl (C=O) groups excluding carboxylic acids is 2. The Morgan fingerprint density at radius 1 is 0.972 bits per heavy atom. The van der Waals surface area contributed by atoms with E-state index in [1.54, 1.807) is 11.0 Å². The van der Waals surface area contributed by atoms with E-state index in [4.69, 9.17) is 9.47 Å². The lowest BCUT2D eigenvalue weighted by molar-refractivity contribution is 0.0258. The van der Waals surface area contributed by atoms with E-state index in [1.165, 1.54) is 0 Å². The fourth-order valence-corrected chi connectivity index (χ4v) is 4.60. The smallest absolute Gasteiger partial charge is 0.410 e. The molecule has 1 heterocycles. The Hall–Kier alpha value is -3.07. The van der Waals surface area contributed by atoms with E-state index >= 15 is 0 Å². The van der Waals surface area contributed by atoms with Crippen molar-refractivity contribution >= 4 is 40.3 Å². The van der Waals surface area contributed by atoms with Gasteiger partial charge in [-0.25, -0.2) is 4.79 Å². The summed E-state index contributed by atoms with van der Waals surface area (Å²) >= 11 is 2.22. The molecule has 3 aromatic rings. The van der Waals surface area contributed by atoms with Gasteiger partial charge in [-0.05, 0) is 97.2 Å².